The number of aliphatic hydroxyl groups excluding tert-OH is 1. The van der Waals surface area contributed by atoms with Crippen molar-refractivity contribution in [1.82, 2.24) is 5.32 Å². The molecule has 1 rings (SSSR count). The molecule has 4 heteroatoms. The summed E-state index contributed by atoms with van der Waals surface area (Å²) in [5.41, 5.74) is 0. The van der Waals surface area contributed by atoms with Gasteiger partial charge in [0.05, 0.1) is 18.8 Å². The van der Waals surface area contributed by atoms with Gasteiger partial charge in [0, 0.05) is 19.8 Å². The highest BCUT2D eigenvalue weighted by atomic mass is 16.5. The number of hydrogen-bond donors (Lipinski definition) is 2. The van der Waals surface area contributed by atoms with E-state index in [1.165, 1.54) is 19.3 Å². The fourth-order valence-electron chi connectivity index (χ4n) is 2.71. The zero-order valence-electron chi connectivity index (χ0n) is 14.1. The van der Waals surface area contributed by atoms with Crippen molar-refractivity contribution >= 4 is 0 Å². The van der Waals surface area contributed by atoms with Crippen molar-refractivity contribution < 1.29 is 14.6 Å². The Kier molecular flexibility index (Phi) is 10.3. The van der Waals surface area contributed by atoms with E-state index < -0.39 is 6.10 Å². The number of hydrogen-bond acceptors (Lipinski definition) is 4. The Morgan fingerprint density at radius 3 is 2.67 bits per heavy atom. The van der Waals surface area contributed by atoms with Gasteiger partial charge in [-0.2, -0.15) is 0 Å². The zero-order valence-corrected chi connectivity index (χ0v) is 14.1. The maximum Gasteiger partial charge on any atom is 0.0897 e. The molecular weight excluding hydrogens is 266 g/mol. The molecule has 126 valence electrons. The van der Waals surface area contributed by atoms with Gasteiger partial charge in [0.25, 0.3) is 0 Å². The summed E-state index contributed by atoms with van der Waals surface area (Å²) >= 11 is 0. The van der Waals surface area contributed by atoms with Gasteiger partial charge in [0.15, 0.2) is 0 Å². The van der Waals surface area contributed by atoms with Crippen LogP contribution < -0.4 is 5.32 Å². The number of aliphatic hydroxyl groups is 1. The summed E-state index contributed by atoms with van der Waals surface area (Å²) in [6, 6.07) is 0. The van der Waals surface area contributed by atoms with Gasteiger partial charge in [-0.05, 0) is 37.6 Å². The lowest BCUT2D eigenvalue weighted by Gasteiger charge is -2.29. The average Bonchev–Trinajstić information content (AvgIpc) is 2.45. The highest BCUT2D eigenvalue weighted by Gasteiger charge is 2.22. The monoisotopic (exact) mass is 301 g/mol. The van der Waals surface area contributed by atoms with Crippen LogP contribution in [0.25, 0.3) is 0 Å². The molecule has 0 amide bonds. The van der Waals surface area contributed by atoms with Crippen LogP contribution in [0, 0.1) is 11.8 Å². The molecule has 0 aromatic carbocycles. The first-order chi connectivity index (χ1) is 10.1. The first kappa shape index (κ1) is 18.9. The van der Waals surface area contributed by atoms with Crippen LogP contribution in [-0.2, 0) is 9.47 Å². The molecule has 21 heavy (non-hydrogen) atoms. The Balaban J connectivity index is 1.92. The van der Waals surface area contributed by atoms with Crippen LogP contribution in [0.2, 0.25) is 0 Å². The van der Waals surface area contributed by atoms with Gasteiger partial charge in [-0.3, -0.25) is 0 Å². The predicted octanol–water partition coefficient (Wildman–Crippen LogP) is 2.59. The van der Waals surface area contributed by atoms with Crippen LogP contribution >= 0.6 is 0 Å². The van der Waals surface area contributed by atoms with Crippen LogP contribution in [0.15, 0.2) is 0 Å². The Bertz CT molecular complexity index is 248. The third kappa shape index (κ3) is 9.46. The topological polar surface area (TPSA) is 50.7 Å². The molecule has 1 fully saturated rings. The van der Waals surface area contributed by atoms with Gasteiger partial charge in [0.2, 0.25) is 0 Å². The zero-order chi connectivity index (χ0) is 15.5. The van der Waals surface area contributed by atoms with Crippen molar-refractivity contribution in [1.29, 1.82) is 0 Å². The fourth-order valence-corrected chi connectivity index (χ4v) is 2.71. The Morgan fingerprint density at radius 2 is 1.95 bits per heavy atom. The summed E-state index contributed by atoms with van der Waals surface area (Å²) in [6.45, 7) is 10.1. The fraction of sp³-hybridized carbons (Fsp3) is 1.00. The van der Waals surface area contributed by atoms with E-state index in [1.54, 1.807) is 0 Å². The molecule has 1 saturated carbocycles. The minimum absolute atomic E-state index is 0.345. The second kappa shape index (κ2) is 11.4. The quantitative estimate of drug-likeness (QED) is 0.576. The van der Waals surface area contributed by atoms with E-state index in [2.05, 4.69) is 26.1 Å². The van der Waals surface area contributed by atoms with Crippen molar-refractivity contribution in [3.05, 3.63) is 0 Å². The Hall–Kier alpha value is -0.160. The van der Waals surface area contributed by atoms with Crippen molar-refractivity contribution in [3.8, 4) is 0 Å². The van der Waals surface area contributed by atoms with Crippen molar-refractivity contribution in [2.45, 2.75) is 65.1 Å². The minimum Gasteiger partial charge on any atom is -0.389 e. The standard InChI is InChI=1S/C17H35NO3/c1-14(2)12-20-10-6-9-18-11-16(19)13-21-17-8-5-4-7-15(17)3/h14-19H,4-13H2,1-3H3. The Labute approximate surface area is 130 Å². The van der Waals surface area contributed by atoms with E-state index >= 15 is 0 Å². The average molecular weight is 301 g/mol. The molecule has 4 nitrogen and oxygen atoms in total. The molecule has 1 aliphatic carbocycles. The first-order valence-electron chi connectivity index (χ1n) is 8.67. The van der Waals surface area contributed by atoms with E-state index in [0.717, 1.165) is 32.6 Å². The molecule has 3 unspecified atom stereocenters. The molecule has 2 N–H and O–H groups in total. The summed E-state index contributed by atoms with van der Waals surface area (Å²) < 4.78 is 11.4. The molecule has 0 aromatic rings. The maximum absolute atomic E-state index is 9.92. The molecular formula is C17H35NO3. The third-order valence-electron chi connectivity index (χ3n) is 4.01. The molecule has 0 aliphatic heterocycles. The molecule has 0 spiro atoms. The molecule has 1 aliphatic rings. The van der Waals surface area contributed by atoms with Crippen LogP contribution in [-0.4, -0.2) is 50.2 Å². The van der Waals surface area contributed by atoms with Crippen LogP contribution in [0.4, 0.5) is 0 Å². The lowest BCUT2D eigenvalue weighted by atomic mass is 9.88. The third-order valence-corrected chi connectivity index (χ3v) is 4.01. The summed E-state index contributed by atoms with van der Waals surface area (Å²) in [5.74, 6) is 1.23. The van der Waals surface area contributed by atoms with Gasteiger partial charge in [-0.25, -0.2) is 0 Å². The largest absolute Gasteiger partial charge is 0.389 e. The van der Waals surface area contributed by atoms with Crippen LogP contribution in [0.1, 0.15) is 52.9 Å². The van der Waals surface area contributed by atoms with Gasteiger partial charge in [0.1, 0.15) is 0 Å². The minimum atomic E-state index is -0.407. The van der Waals surface area contributed by atoms with Gasteiger partial charge < -0.3 is 19.9 Å². The van der Waals surface area contributed by atoms with Gasteiger partial charge in [-0.15, -0.1) is 0 Å². The molecule has 0 aromatic heterocycles. The second-order valence-electron chi connectivity index (χ2n) is 6.81. The smallest absolute Gasteiger partial charge is 0.0897 e. The lowest BCUT2D eigenvalue weighted by molar-refractivity contribution is -0.0451. The summed E-state index contributed by atoms with van der Waals surface area (Å²) in [4.78, 5) is 0. The van der Waals surface area contributed by atoms with Gasteiger partial charge in [-0.1, -0.05) is 33.6 Å². The van der Waals surface area contributed by atoms with E-state index in [4.69, 9.17) is 9.47 Å². The first-order valence-corrected chi connectivity index (χ1v) is 8.67. The lowest BCUT2D eigenvalue weighted by Crippen LogP contribution is -2.35. The van der Waals surface area contributed by atoms with E-state index in [9.17, 15) is 5.11 Å². The predicted molar refractivity (Wildman–Crippen MR) is 86.5 cm³/mol. The van der Waals surface area contributed by atoms with Crippen molar-refractivity contribution in [3.63, 3.8) is 0 Å². The highest BCUT2D eigenvalue weighted by Crippen LogP contribution is 2.26. The normalized spacial score (nSPS) is 24.4. The molecule has 0 heterocycles. The van der Waals surface area contributed by atoms with E-state index in [-0.39, 0.29) is 0 Å². The van der Waals surface area contributed by atoms with E-state index in [0.29, 0.717) is 31.1 Å². The summed E-state index contributed by atoms with van der Waals surface area (Å²) in [5, 5.41) is 13.2. The van der Waals surface area contributed by atoms with Crippen molar-refractivity contribution in [2.24, 2.45) is 11.8 Å². The molecule has 0 bridgehead atoms. The van der Waals surface area contributed by atoms with E-state index in [1.807, 2.05) is 0 Å². The van der Waals surface area contributed by atoms with Crippen molar-refractivity contribution in [2.75, 3.05) is 32.9 Å². The summed E-state index contributed by atoms with van der Waals surface area (Å²) in [7, 11) is 0. The van der Waals surface area contributed by atoms with Gasteiger partial charge >= 0.3 is 0 Å². The SMILES string of the molecule is CC(C)COCCCNCC(O)COC1CCCCC1C. The highest BCUT2D eigenvalue weighted by molar-refractivity contribution is 4.73. The molecule has 3 atom stereocenters. The number of nitrogens with one attached hydrogen (secondary N) is 1. The summed E-state index contributed by atoms with van der Waals surface area (Å²) in [6.07, 6.45) is 5.92. The molecule has 0 saturated heterocycles. The number of ether oxygens (including phenoxy) is 2. The number of rotatable bonds is 11. The second-order valence-corrected chi connectivity index (χ2v) is 6.81. The molecule has 0 radical (unpaired) electrons. The van der Waals surface area contributed by atoms with Crippen LogP contribution in [0.5, 0.6) is 0 Å². The van der Waals surface area contributed by atoms with Crippen LogP contribution in [0.3, 0.4) is 0 Å². The Morgan fingerprint density at radius 1 is 1.19 bits per heavy atom. The maximum atomic E-state index is 9.92.